The molecule has 17 heavy (non-hydrogen) atoms. The van der Waals surface area contributed by atoms with Crippen LogP contribution in [0.3, 0.4) is 0 Å². The molecule has 0 aliphatic carbocycles. The van der Waals surface area contributed by atoms with Gasteiger partial charge in [-0.1, -0.05) is 0 Å². The second kappa shape index (κ2) is 5.74. The van der Waals surface area contributed by atoms with Gasteiger partial charge in [-0.05, 0) is 35.0 Å². The number of benzene rings is 1. The minimum atomic E-state index is -0.663. The predicted octanol–water partition coefficient (Wildman–Crippen LogP) is 1.47. The van der Waals surface area contributed by atoms with Crippen molar-refractivity contribution in [2.24, 2.45) is 0 Å². The normalized spacial score (nSPS) is 11.9. The van der Waals surface area contributed by atoms with Crippen LogP contribution in [-0.4, -0.2) is 28.6 Å². The molecule has 0 aromatic heterocycles. The molecule has 2 N–H and O–H groups in total. The molecule has 0 saturated carbocycles. The number of aliphatic hydroxyl groups is 1. The Labute approximate surface area is 106 Å². The molecule has 0 fully saturated rings. The van der Waals surface area contributed by atoms with E-state index in [1.165, 1.54) is 25.1 Å². The highest BCUT2D eigenvalue weighted by atomic mass is 79.9. The van der Waals surface area contributed by atoms with E-state index in [9.17, 15) is 14.9 Å². The third kappa shape index (κ3) is 3.79. The Hall–Kier alpha value is -1.47. The molecule has 1 aromatic carbocycles. The monoisotopic (exact) mass is 302 g/mol. The van der Waals surface area contributed by atoms with Gasteiger partial charge in [-0.3, -0.25) is 14.9 Å². The molecule has 92 valence electrons. The predicted molar refractivity (Wildman–Crippen MR) is 64.8 cm³/mol. The first kappa shape index (κ1) is 13.6. The van der Waals surface area contributed by atoms with E-state index in [1.54, 1.807) is 0 Å². The lowest BCUT2D eigenvalue weighted by molar-refractivity contribution is -0.385. The third-order valence-corrected chi connectivity index (χ3v) is 2.63. The molecule has 1 amide bonds. The van der Waals surface area contributed by atoms with Crippen molar-refractivity contribution in [3.63, 3.8) is 0 Å². The molecule has 1 aromatic rings. The lowest BCUT2D eigenvalue weighted by Gasteiger charge is -2.07. The van der Waals surface area contributed by atoms with Gasteiger partial charge in [0.2, 0.25) is 0 Å². The van der Waals surface area contributed by atoms with Gasteiger partial charge in [0.15, 0.2) is 0 Å². The minimum Gasteiger partial charge on any atom is -0.392 e. The summed E-state index contributed by atoms with van der Waals surface area (Å²) in [6.45, 7) is 1.63. The summed E-state index contributed by atoms with van der Waals surface area (Å²) < 4.78 is 0.314. The average molecular weight is 303 g/mol. The number of carbonyl (C=O) groups excluding carboxylic acids is 1. The standard InChI is InChI=1S/C10H11BrN2O4/c1-6(14)5-12-10(15)7-2-3-8(11)9(4-7)13(16)17/h2-4,6,14H,5H2,1H3,(H,12,15)/t6-/m1/s1. The van der Waals surface area contributed by atoms with Crippen molar-refractivity contribution in [2.45, 2.75) is 13.0 Å². The summed E-state index contributed by atoms with van der Waals surface area (Å²) in [7, 11) is 0. The van der Waals surface area contributed by atoms with Gasteiger partial charge in [-0.15, -0.1) is 0 Å². The fourth-order valence-corrected chi connectivity index (χ4v) is 1.53. The average Bonchev–Trinajstić information content (AvgIpc) is 2.26. The molecule has 0 bridgehead atoms. The van der Waals surface area contributed by atoms with E-state index < -0.39 is 16.9 Å². The quantitative estimate of drug-likeness (QED) is 0.650. The van der Waals surface area contributed by atoms with Crippen LogP contribution in [0.4, 0.5) is 5.69 Å². The van der Waals surface area contributed by atoms with Crippen molar-refractivity contribution >= 4 is 27.5 Å². The van der Waals surface area contributed by atoms with E-state index in [2.05, 4.69) is 21.2 Å². The molecule has 0 unspecified atom stereocenters. The Morgan fingerprint density at radius 3 is 2.82 bits per heavy atom. The van der Waals surface area contributed by atoms with E-state index in [4.69, 9.17) is 5.11 Å². The molecule has 1 rings (SSSR count). The Morgan fingerprint density at radius 1 is 1.65 bits per heavy atom. The number of halogens is 1. The summed E-state index contributed by atoms with van der Waals surface area (Å²) in [6.07, 6.45) is -0.663. The molecule has 0 radical (unpaired) electrons. The Balaban J connectivity index is 2.88. The van der Waals surface area contributed by atoms with Gasteiger partial charge in [-0.25, -0.2) is 0 Å². The van der Waals surface area contributed by atoms with Crippen molar-refractivity contribution in [3.8, 4) is 0 Å². The fraction of sp³-hybridized carbons (Fsp3) is 0.300. The third-order valence-electron chi connectivity index (χ3n) is 1.96. The molecule has 0 heterocycles. The Bertz CT molecular complexity index is 448. The summed E-state index contributed by atoms with van der Waals surface area (Å²) >= 11 is 3.03. The number of nitro benzene ring substituents is 1. The molecule has 0 aliphatic rings. The van der Waals surface area contributed by atoms with Crippen LogP contribution in [0, 0.1) is 10.1 Å². The van der Waals surface area contributed by atoms with Gasteiger partial charge >= 0.3 is 0 Å². The van der Waals surface area contributed by atoms with Crippen LogP contribution in [0.2, 0.25) is 0 Å². The molecule has 1 atom stereocenters. The summed E-state index contributed by atoms with van der Waals surface area (Å²) in [5, 5.41) is 22.1. The maximum atomic E-state index is 11.6. The molecule has 6 nitrogen and oxygen atoms in total. The van der Waals surface area contributed by atoms with E-state index in [1.807, 2.05) is 0 Å². The van der Waals surface area contributed by atoms with Crippen LogP contribution in [0.25, 0.3) is 0 Å². The number of nitro groups is 1. The molecular formula is C10H11BrN2O4. The number of hydrogen-bond acceptors (Lipinski definition) is 4. The van der Waals surface area contributed by atoms with Crippen molar-refractivity contribution in [1.82, 2.24) is 5.32 Å². The van der Waals surface area contributed by atoms with Crippen molar-refractivity contribution in [1.29, 1.82) is 0 Å². The minimum absolute atomic E-state index is 0.0999. The van der Waals surface area contributed by atoms with Crippen molar-refractivity contribution in [2.75, 3.05) is 6.54 Å². The SMILES string of the molecule is C[C@@H](O)CNC(=O)c1ccc(Br)c([N+](=O)[O-])c1. The number of aliphatic hydroxyl groups excluding tert-OH is 1. The van der Waals surface area contributed by atoms with Gasteiger partial charge in [-0.2, -0.15) is 0 Å². The highest BCUT2D eigenvalue weighted by Crippen LogP contribution is 2.25. The smallest absolute Gasteiger partial charge is 0.284 e. The van der Waals surface area contributed by atoms with Gasteiger partial charge < -0.3 is 10.4 Å². The maximum absolute atomic E-state index is 11.6. The number of nitrogens with one attached hydrogen (secondary N) is 1. The van der Waals surface area contributed by atoms with Crippen molar-refractivity contribution in [3.05, 3.63) is 38.3 Å². The van der Waals surface area contributed by atoms with E-state index in [0.29, 0.717) is 4.47 Å². The van der Waals surface area contributed by atoms with E-state index in [-0.39, 0.29) is 17.8 Å². The maximum Gasteiger partial charge on any atom is 0.284 e. The zero-order valence-corrected chi connectivity index (χ0v) is 10.6. The molecule has 0 aliphatic heterocycles. The second-order valence-corrected chi connectivity index (χ2v) is 4.34. The summed E-state index contributed by atoms with van der Waals surface area (Å²) in [5.74, 6) is -0.457. The van der Waals surface area contributed by atoms with Crippen LogP contribution in [0.15, 0.2) is 22.7 Å². The molecule has 0 spiro atoms. The zero-order valence-electron chi connectivity index (χ0n) is 9.01. The van der Waals surface area contributed by atoms with E-state index >= 15 is 0 Å². The Morgan fingerprint density at radius 2 is 2.29 bits per heavy atom. The van der Waals surface area contributed by atoms with Crippen LogP contribution >= 0.6 is 15.9 Å². The Kier molecular flexibility index (Phi) is 4.59. The molecular weight excluding hydrogens is 292 g/mol. The van der Waals surface area contributed by atoms with Gasteiger partial charge in [0, 0.05) is 18.2 Å². The van der Waals surface area contributed by atoms with Crippen LogP contribution in [-0.2, 0) is 0 Å². The lowest BCUT2D eigenvalue weighted by atomic mass is 10.2. The van der Waals surface area contributed by atoms with Crippen molar-refractivity contribution < 1.29 is 14.8 Å². The topological polar surface area (TPSA) is 92.5 Å². The fourth-order valence-electron chi connectivity index (χ4n) is 1.14. The van der Waals surface area contributed by atoms with Gasteiger partial charge in [0.05, 0.1) is 15.5 Å². The van der Waals surface area contributed by atoms with E-state index in [0.717, 1.165) is 0 Å². The number of hydrogen-bond donors (Lipinski definition) is 2. The first-order chi connectivity index (χ1) is 7.91. The van der Waals surface area contributed by atoms with Gasteiger partial charge in [0.25, 0.3) is 11.6 Å². The highest BCUT2D eigenvalue weighted by Gasteiger charge is 2.15. The zero-order chi connectivity index (χ0) is 13.0. The van der Waals surface area contributed by atoms with Crippen LogP contribution in [0.5, 0.6) is 0 Å². The second-order valence-electron chi connectivity index (χ2n) is 3.48. The number of rotatable bonds is 4. The number of amides is 1. The van der Waals surface area contributed by atoms with Crippen LogP contribution in [0.1, 0.15) is 17.3 Å². The highest BCUT2D eigenvalue weighted by molar-refractivity contribution is 9.10. The summed E-state index contributed by atoms with van der Waals surface area (Å²) in [5.41, 5.74) is 0.00949. The largest absolute Gasteiger partial charge is 0.392 e. The summed E-state index contributed by atoms with van der Waals surface area (Å²) in [6, 6.07) is 4.09. The molecule has 7 heteroatoms. The molecule has 0 saturated heterocycles. The number of nitrogens with zero attached hydrogens (tertiary/aromatic N) is 1. The van der Waals surface area contributed by atoms with Crippen LogP contribution < -0.4 is 5.32 Å². The summed E-state index contributed by atoms with van der Waals surface area (Å²) in [4.78, 5) is 21.7. The first-order valence-corrected chi connectivity index (χ1v) is 5.61. The lowest BCUT2D eigenvalue weighted by Crippen LogP contribution is -2.30. The number of carbonyl (C=O) groups is 1. The van der Waals surface area contributed by atoms with Gasteiger partial charge in [0.1, 0.15) is 0 Å². The first-order valence-electron chi connectivity index (χ1n) is 4.82.